The molecule has 1 saturated heterocycles. The smallest absolute Gasteiger partial charge is 0.229 e. The van der Waals surface area contributed by atoms with Crippen molar-refractivity contribution in [2.45, 2.75) is 51.5 Å². The van der Waals surface area contributed by atoms with Gasteiger partial charge in [-0.1, -0.05) is 5.16 Å². The molecule has 1 amide bonds. The molecule has 2 heterocycles. The first kappa shape index (κ1) is 14.0. The van der Waals surface area contributed by atoms with E-state index in [4.69, 9.17) is 9.26 Å². The molecule has 106 valence electrons. The maximum absolute atomic E-state index is 11.6. The fraction of sp³-hybridized carbons (Fsp3) is 0.769. The molecule has 0 saturated carbocycles. The molecule has 6 nitrogen and oxygen atoms in total. The summed E-state index contributed by atoms with van der Waals surface area (Å²) in [5.41, 5.74) is 0. The molecule has 0 bridgehead atoms. The second-order valence-corrected chi connectivity index (χ2v) is 5.19. The Labute approximate surface area is 112 Å². The van der Waals surface area contributed by atoms with Crippen LogP contribution in [0, 0.1) is 0 Å². The van der Waals surface area contributed by atoms with Gasteiger partial charge in [-0.3, -0.25) is 4.79 Å². The van der Waals surface area contributed by atoms with Crippen LogP contribution in [0.3, 0.4) is 0 Å². The van der Waals surface area contributed by atoms with E-state index in [-0.39, 0.29) is 24.3 Å². The molecule has 1 N–H and O–H groups in total. The zero-order valence-corrected chi connectivity index (χ0v) is 11.5. The lowest BCUT2D eigenvalue weighted by Gasteiger charge is -2.06. The maximum atomic E-state index is 11.6. The third-order valence-corrected chi connectivity index (χ3v) is 3.05. The van der Waals surface area contributed by atoms with Gasteiger partial charge in [0.25, 0.3) is 0 Å². The van der Waals surface area contributed by atoms with Gasteiger partial charge in [-0.2, -0.15) is 4.98 Å². The molecular weight excluding hydrogens is 246 g/mol. The molecule has 1 fully saturated rings. The van der Waals surface area contributed by atoms with Gasteiger partial charge in [-0.25, -0.2) is 0 Å². The molecule has 6 heteroatoms. The van der Waals surface area contributed by atoms with Crippen LogP contribution in [0.15, 0.2) is 4.52 Å². The number of hydrogen-bond acceptors (Lipinski definition) is 5. The molecule has 1 aromatic heterocycles. The minimum absolute atomic E-state index is 0.0773. The number of nitrogens with one attached hydrogen (secondary N) is 1. The molecule has 1 aliphatic heterocycles. The average molecular weight is 267 g/mol. The van der Waals surface area contributed by atoms with Gasteiger partial charge < -0.3 is 14.6 Å². The van der Waals surface area contributed by atoms with Crippen molar-refractivity contribution in [3.8, 4) is 0 Å². The minimum Gasteiger partial charge on any atom is -0.381 e. The van der Waals surface area contributed by atoms with E-state index in [0.29, 0.717) is 11.7 Å². The second kappa shape index (κ2) is 6.65. The summed E-state index contributed by atoms with van der Waals surface area (Å²) >= 11 is 0. The van der Waals surface area contributed by atoms with Crippen molar-refractivity contribution in [1.82, 2.24) is 15.5 Å². The molecule has 0 spiro atoms. The zero-order chi connectivity index (χ0) is 13.7. The Morgan fingerprint density at radius 3 is 3.05 bits per heavy atom. The predicted octanol–water partition coefficient (Wildman–Crippen LogP) is 1.42. The third-order valence-electron chi connectivity index (χ3n) is 3.05. The highest BCUT2D eigenvalue weighted by atomic mass is 16.5. The number of nitrogens with zero attached hydrogens (tertiary/aromatic N) is 2. The molecule has 2 rings (SSSR count). The van der Waals surface area contributed by atoms with Crippen LogP contribution in [0.2, 0.25) is 0 Å². The van der Waals surface area contributed by atoms with Gasteiger partial charge in [-0.05, 0) is 33.1 Å². The summed E-state index contributed by atoms with van der Waals surface area (Å²) in [6, 6.07) is 0.123. The van der Waals surface area contributed by atoms with Gasteiger partial charge in [-0.15, -0.1) is 0 Å². The van der Waals surface area contributed by atoms with Crippen molar-refractivity contribution in [2.75, 3.05) is 13.2 Å². The van der Waals surface area contributed by atoms with Crippen LogP contribution in [0.5, 0.6) is 0 Å². The number of carbonyl (C=O) groups excluding carboxylic acids is 1. The fourth-order valence-electron chi connectivity index (χ4n) is 2.17. The molecule has 0 radical (unpaired) electrons. The van der Waals surface area contributed by atoms with Crippen molar-refractivity contribution < 1.29 is 14.1 Å². The Kier molecular flexibility index (Phi) is 4.90. The zero-order valence-electron chi connectivity index (χ0n) is 11.5. The van der Waals surface area contributed by atoms with E-state index in [1.807, 2.05) is 13.8 Å². The Bertz CT molecular complexity index is 409. The van der Waals surface area contributed by atoms with Crippen LogP contribution in [-0.4, -0.2) is 35.3 Å². The van der Waals surface area contributed by atoms with E-state index in [1.54, 1.807) is 0 Å². The van der Waals surface area contributed by atoms with Crippen molar-refractivity contribution in [1.29, 1.82) is 0 Å². The van der Waals surface area contributed by atoms with Gasteiger partial charge in [0.05, 0.1) is 6.42 Å². The van der Waals surface area contributed by atoms with Gasteiger partial charge in [0.15, 0.2) is 5.82 Å². The molecule has 1 aliphatic rings. The van der Waals surface area contributed by atoms with Crippen molar-refractivity contribution in [3.63, 3.8) is 0 Å². The lowest BCUT2D eigenvalue weighted by Crippen LogP contribution is -2.31. The minimum atomic E-state index is -0.0773. The average Bonchev–Trinajstić information content (AvgIpc) is 2.63. The van der Waals surface area contributed by atoms with Gasteiger partial charge in [0.1, 0.15) is 0 Å². The summed E-state index contributed by atoms with van der Waals surface area (Å²) < 4.78 is 10.7. The Hall–Kier alpha value is -1.43. The molecule has 1 aromatic rings. The van der Waals surface area contributed by atoms with E-state index in [2.05, 4.69) is 15.5 Å². The van der Waals surface area contributed by atoms with Crippen LogP contribution in [-0.2, 0) is 16.0 Å². The first-order valence-corrected chi connectivity index (χ1v) is 6.84. The first-order valence-electron chi connectivity index (χ1n) is 6.84. The Morgan fingerprint density at radius 2 is 2.26 bits per heavy atom. The Balaban J connectivity index is 1.92. The van der Waals surface area contributed by atoms with Crippen molar-refractivity contribution >= 4 is 5.91 Å². The lowest BCUT2D eigenvalue weighted by atomic mass is 10.0. The molecule has 0 aliphatic carbocycles. The maximum Gasteiger partial charge on any atom is 0.229 e. The van der Waals surface area contributed by atoms with Gasteiger partial charge in [0.2, 0.25) is 11.8 Å². The summed E-state index contributed by atoms with van der Waals surface area (Å²) in [5, 5.41) is 6.69. The SMILES string of the molecule is CC(C)NC(=O)Cc1noc(C2CCCOCC2)n1. The monoisotopic (exact) mass is 267 g/mol. The standard InChI is InChI=1S/C13H21N3O3/c1-9(2)14-12(17)8-11-15-13(19-16-11)10-4-3-6-18-7-5-10/h9-10H,3-8H2,1-2H3,(H,14,17). The molecule has 1 unspecified atom stereocenters. The van der Waals surface area contributed by atoms with E-state index >= 15 is 0 Å². The highest BCUT2D eigenvalue weighted by molar-refractivity contribution is 5.77. The van der Waals surface area contributed by atoms with E-state index in [9.17, 15) is 4.79 Å². The number of rotatable bonds is 4. The van der Waals surface area contributed by atoms with Gasteiger partial charge >= 0.3 is 0 Å². The van der Waals surface area contributed by atoms with Crippen LogP contribution in [0.4, 0.5) is 0 Å². The highest BCUT2D eigenvalue weighted by Gasteiger charge is 2.21. The summed E-state index contributed by atoms with van der Waals surface area (Å²) in [6.45, 7) is 5.38. The van der Waals surface area contributed by atoms with Crippen molar-refractivity contribution in [3.05, 3.63) is 11.7 Å². The first-order chi connectivity index (χ1) is 9.15. The summed E-state index contributed by atoms with van der Waals surface area (Å²) in [4.78, 5) is 15.9. The van der Waals surface area contributed by atoms with E-state index < -0.39 is 0 Å². The molecule has 19 heavy (non-hydrogen) atoms. The van der Waals surface area contributed by atoms with Crippen LogP contribution in [0.25, 0.3) is 0 Å². The van der Waals surface area contributed by atoms with Crippen LogP contribution < -0.4 is 5.32 Å². The van der Waals surface area contributed by atoms with E-state index in [0.717, 1.165) is 32.5 Å². The normalized spacial score (nSPS) is 20.3. The molecule has 1 atom stereocenters. The predicted molar refractivity (Wildman–Crippen MR) is 68.7 cm³/mol. The number of amides is 1. The van der Waals surface area contributed by atoms with Crippen LogP contribution >= 0.6 is 0 Å². The van der Waals surface area contributed by atoms with Crippen molar-refractivity contribution in [2.24, 2.45) is 0 Å². The Morgan fingerprint density at radius 1 is 1.42 bits per heavy atom. The number of ether oxygens (including phenoxy) is 1. The number of aromatic nitrogens is 2. The lowest BCUT2D eigenvalue weighted by molar-refractivity contribution is -0.121. The quantitative estimate of drug-likeness (QED) is 0.892. The number of hydrogen-bond donors (Lipinski definition) is 1. The molecule has 0 aromatic carbocycles. The van der Waals surface area contributed by atoms with E-state index in [1.165, 1.54) is 0 Å². The fourth-order valence-corrected chi connectivity index (χ4v) is 2.17. The summed E-state index contributed by atoms with van der Waals surface area (Å²) in [5.74, 6) is 1.28. The summed E-state index contributed by atoms with van der Waals surface area (Å²) in [7, 11) is 0. The topological polar surface area (TPSA) is 77.2 Å². The summed E-state index contributed by atoms with van der Waals surface area (Å²) in [6.07, 6.45) is 3.08. The third kappa shape index (κ3) is 4.31. The highest BCUT2D eigenvalue weighted by Crippen LogP contribution is 2.25. The van der Waals surface area contributed by atoms with Gasteiger partial charge in [0, 0.05) is 25.2 Å². The largest absolute Gasteiger partial charge is 0.381 e. The van der Waals surface area contributed by atoms with Crippen LogP contribution in [0.1, 0.15) is 50.7 Å². The number of carbonyl (C=O) groups is 1. The molecular formula is C13H21N3O3. The second-order valence-electron chi connectivity index (χ2n) is 5.19.